The number of hydrogen-bond donors (Lipinski definition) is 2. The Morgan fingerprint density at radius 1 is 1.56 bits per heavy atom. The standard InChI is InChI=1S/C10H14FNO3S/c1-10(2,3)9-12-5(4-16-9)7(13)6(11)8(14)15/h4,6-7,13H,1-3H3,(H,14,15). The molecule has 2 atom stereocenters. The number of carboxylic acids is 1. The van der Waals surface area contributed by atoms with Crippen LogP contribution in [0.3, 0.4) is 0 Å². The molecule has 0 aromatic carbocycles. The third-order valence-electron chi connectivity index (χ3n) is 1.98. The van der Waals surface area contributed by atoms with Gasteiger partial charge in [0.05, 0.1) is 10.7 Å². The molecular weight excluding hydrogens is 233 g/mol. The van der Waals surface area contributed by atoms with Crippen molar-refractivity contribution in [2.75, 3.05) is 0 Å². The molecule has 4 nitrogen and oxygen atoms in total. The van der Waals surface area contributed by atoms with Gasteiger partial charge in [0.1, 0.15) is 6.10 Å². The molecule has 0 aliphatic carbocycles. The van der Waals surface area contributed by atoms with E-state index in [-0.39, 0.29) is 11.1 Å². The van der Waals surface area contributed by atoms with E-state index in [9.17, 15) is 14.3 Å². The van der Waals surface area contributed by atoms with Gasteiger partial charge in [0.15, 0.2) is 0 Å². The lowest BCUT2D eigenvalue weighted by molar-refractivity contribution is -0.147. The van der Waals surface area contributed by atoms with Crippen LogP contribution in [-0.2, 0) is 10.2 Å². The first-order chi connectivity index (χ1) is 7.23. The first-order valence-corrected chi connectivity index (χ1v) is 5.62. The molecule has 0 spiro atoms. The Kier molecular flexibility index (Phi) is 3.64. The second kappa shape index (κ2) is 4.47. The van der Waals surface area contributed by atoms with Crippen molar-refractivity contribution in [3.8, 4) is 0 Å². The number of aromatic nitrogens is 1. The third-order valence-corrected chi connectivity index (χ3v) is 3.27. The Bertz CT molecular complexity index is 386. The molecule has 2 N–H and O–H groups in total. The van der Waals surface area contributed by atoms with Crippen molar-refractivity contribution in [1.82, 2.24) is 4.98 Å². The van der Waals surface area contributed by atoms with Crippen LogP contribution in [0.2, 0.25) is 0 Å². The summed E-state index contributed by atoms with van der Waals surface area (Å²) < 4.78 is 13.0. The maximum Gasteiger partial charge on any atom is 0.341 e. The molecule has 90 valence electrons. The van der Waals surface area contributed by atoms with E-state index in [1.807, 2.05) is 20.8 Å². The molecule has 1 rings (SSSR count). The van der Waals surface area contributed by atoms with Crippen LogP contribution in [0.25, 0.3) is 0 Å². The van der Waals surface area contributed by atoms with Gasteiger partial charge in [-0.1, -0.05) is 20.8 Å². The maximum absolute atomic E-state index is 13.0. The summed E-state index contributed by atoms with van der Waals surface area (Å²) in [6.07, 6.45) is -4.04. The van der Waals surface area contributed by atoms with Crippen LogP contribution in [-0.4, -0.2) is 27.3 Å². The summed E-state index contributed by atoms with van der Waals surface area (Å²) in [5.74, 6) is -1.68. The fourth-order valence-electron chi connectivity index (χ4n) is 1.05. The highest BCUT2D eigenvalue weighted by atomic mass is 32.1. The normalized spacial score (nSPS) is 15.8. The summed E-state index contributed by atoms with van der Waals surface area (Å²) in [5, 5.41) is 20.1. The van der Waals surface area contributed by atoms with Crippen LogP contribution < -0.4 is 0 Å². The van der Waals surface area contributed by atoms with Crippen molar-refractivity contribution >= 4 is 17.3 Å². The fraction of sp³-hybridized carbons (Fsp3) is 0.600. The van der Waals surface area contributed by atoms with Crippen molar-refractivity contribution in [3.63, 3.8) is 0 Å². The van der Waals surface area contributed by atoms with E-state index in [1.165, 1.54) is 16.7 Å². The molecule has 0 aliphatic heterocycles. The second-order valence-electron chi connectivity index (χ2n) is 4.51. The molecule has 1 heterocycles. The van der Waals surface area contributed by atoms with Gasteiger partial charge in [0, 0.05) is 10.8 Å². The van der Waals surface area contributed by atoms with E-state index in [2.05, 4.69) is 4.98 Å². The topological polar surface area (TPSA) is 70.4 Å². The number of aliphatic hydroxyl groups excluding tert-OH is 1. The van der Waals surface area contributed by atoms with Crippen LogP contribution in [0.5, 0.6) is 0 Å². The van der Waals surface area contributed by atoms with E-state index in [0.717, 1.165) is 5.01 Å². The average molecular weight is 247 g/mol. The zero-order chi connectivity index (χ0) is 12.5. The summed E-state index contributed by atoms with van der Waals surface area (Å²) in [5.41, 5.74) is -0.123. The molecule has 1 aromatic rings. The Hall–Kier alpha value is -1.01. The highest BCUT2D eigenvalue weighted by Gasteiger charge is 2.30. The lowest BCUT2D eigenvalue weighted by Gasteiger charge is -2.14. The van der Waals surface area contributed by atoms with Crippen LogP contribution in [0.15, 0.2) is 5.38 Å². The van der Waals surface area contributed by atoms with E-state index >= 15 is 0 Å². The Balaban J connectivity index is 2.90. The third kappa shape index (κ3) is 2.76. The number of aliphatic carboxylic acids is 1. The average Bonchev–Trinajstić information content (AvgIpc) is 2.63. The largest absolute Gasteiger partial charge is 0.479 e. The van der Waals surface area contributed by atoms with Gasteiger partial charge in [-0.15, -0.1) is 11.3 Å². The van der Waals surface area contributed by atoms with Crippen molar-refractivity contribution in [1.29, 1.82) is 0 Å². The van der Waals surface area contributed by atoms with Crippen LogP contribution >= 0.6 is 11.3 Å². The smallest absolute Gasteiger partial charge is 0.341 e. The van der Waals surface area contributed by atoms with Crippen LogP contribution in [0.4, 0.5) is 4.39 Å². The first kappa shape index (κ1) is 13.1. The van der Waals surface area contributed by atoms with Gasteiger partial charge in [-0.2, -0.15) is 0 Å². The minimum absolute atomic E-state index is 0.0739. The van der Waals surface area contributed by atoms with E-state index < -0.39 is 18.2 Å². The lowest BCUT2D eigenvalue weighted by atomic mass is 9.98. The number of alkyl halides is 1. The fourth-order valence-corrected chi connectivity index (χ4v) is 1.99. The molecule has 0 aliphatic rings. The number of carboxylic acid groups (broad SMARTS) is 1. The SMILES string of the molecule is CC(C)(C)c1nc(C(O)C(F)C(=O)O)cs1. The molecule has 0 amide bonds. The zero-order valence-electron chi connectivity index (χ0n) is 9.27. The van der Waals surface area contributed by atoms with Gasteiger partial charge in [-0.05, 0) is 0 Å². The summed E-state index contributed by atoms with van der Waals surface area (Å²) in [7, 11) is 0. The molecule has 16 heavy (non-hydrogen) atoms. The highest BCUT2D eigenvalue weighted by molar-refractivity contribution is 7.09. The molecule has 0 bridgehead atoms. The quantitative estimate of drug-likeness (QED) is 0.855. The van der Waals surface area contributed by atoms with Gasteiger partial charge in [-0.25, -0.2) is 14.2 Å². The minimum Gasteiger partial charge on any atom is -0.479 e. The first-order valence-electron chi connectivity index (χ1n) is 4.74. The Labute approximate surface area is 96.8 Å². The molecule has 0 fully saturated rings. The summed E-state index contributed by atoms with van der Waals surface area (Å²) in [6, 6.07) is 0. The summed E-state index contributed by atoms with van der Waals surface area (Å²) in [4.78, 5) is 14.4. The van der Waals surface area contributed by atoms with Crippen molar-refractivity contribution < 1.29 is 19.4 Å². The number of hydrogen-bond acceptors (Lipinski definition) is 4. The number of aliphatic hydroxyl groups is 1. The molecule has 1 aromatic heterocycles. The van der Waals surface area contributed by atoms with Gasteiger partial charge >= 0.3 is 5.97 Å². The lowest BCUT2D eigenvalue weighted by Crippen LogP contribution is -2.23. The Morgan fingerprint density at radius 3 is 2.50 bits per heavy atom. The van der Waals surface area contributed by atoms with Crippen LogP contribution in [0, 0.1) is 0 Å². The van der Waals surface area contributed by atoms with Gasteiger partial charge < -0.3 is 10.2 Å². The molecule has 2 unspecified atom stereocenters. The number of halogens is 1. The minimum atomic E-state index is -2.34. The number of thiazole rings is 1. The maximum atomic E-state index is 13.0. The molecule has 6 heteroatoms. The summed E-state index contributed by atoms with van der Waals surface area (Å²) >= 11 is 1.28. The van der Waals surface area contributed by atoms with E-state index in [1.54, 1.807) is 0 Å². The molecule has 0 saturated carbocycles. The highest BCUT2D eigenvalue weighted by Crippen LogP contribution is 2.29. The summed E-state index contributed by atoms with van der Waals surface area (Å²) in [6.45, 7) is 5.81. The van der Waals surface area contributed by atoms with E-state index in [4.69, 9.17) is 5.11 Å². The van der Waals surface area contributed by atoms with Crippen molar-refractivity contribution in [3.05, 3.63) is 16.1 Å². The predicted molar refractivity (Wildman–Crippen MR) is 58.3 cm³/mol. The van der Waals surface area contributed by atoms with Crippen molar-refractivity contribution in [2.45, 2.75) is 38.5 Å². The van der Waals surface area contributed by atoms with Gasteiger partial charge in [0.2, 0.25) is 6.17 Å². The predicted octanol–water partition coefficient (Wildman–Crippen LogP) is 1.90. The van der Waals surface area contributed by atoms with Crippen molar-refractivity contribution in [2.24, 2.45) is 0 Å². The molecule has 0 saturated heterocycles. The molecule has 0 radical (unpaired) electrons. The number of rotatable bonds is 3. The van der Waals surface area contributed by atoms with Crippen LogP contribution in [0.1, 0.15) is 37.6 Å². The number of nitrogens with zero attached hydrogens (tertiary/aromatic N) is 1. The number of carbonyl (C=O) groups is 1. The molecular formula is C10H14FNO3S. The van der Waals surface area contributed by atoms with Gasteiger partial charge in [0.25, 0.3) is 0 Å². The second-order valence-corrected chi connectivity index (χ2v) is 5.37. The zero-order valence-corrected chi connectivity index (χ0v) is 10.1. The van der Waals surface area contributed by atoms with E-state index in [0.29, 0.717) is 0 Å². The Morgan fingerprint density at radius 2 is 2.12 bits per heavy atom. The monoisotopic (exact) mass is 247 g/mol. The van der Waals surface area contributed by atoms with Gasteiger partial charge in [-0.3, -0.25) is 0 Å².